The molecule has 0 radical (unpaired) electrons. The van der Waals surface area contributed by atoms with E-state index in [0.717, 1.165) is 5.56 Å². The fourth-order valence-electron chi connectivity index (χ4n) is 4.20. The van der Waals surface area contributed by atoms with E-state index in [1.165, 1.54) is 42.1 Å². The van der Waals surface area contributed by atoms with Gasteiger partial charge in [-0.3, -0.25) is 19.5 Å². The fraction of sp³-hybridized carbons (Fsp3) is 0.192. The zero-order chi connectivity index (χ0) is 24.1. The first kappa shape index (κ1) is 22.6. The lowest BCUT2D eigenvalue weighted by atomic mass is 10.00. The molecule has 2 aliphatic rings. The lowest BCUT2D eigenvalue weighted by Gasteiger charge is -2.31. The first-order valence-corrected chi connectivity index (χ1v) is 13.3. The van der Waals surface area contributed by atoms with Gasteiger partial charge in [-0.15, -0.1) is 0 Å². The fourth-order valence-corrected chi connectivity index (χ4v) is 7.10. The average molecular weight is 491 g/mol. The first-order chi connectivity index (χ1) is 16.2. The molecule has 8 heteroatoms. The molecule has 0 aliphatic carbocycles. The second-order valence-corrected chi connectivity index (χ2v) is 11.7. The molecule has 0 unspecified atom stereocenters. The Bertz CT molecular complexity index is 1460. The van der Waals surface area contributed by atoms with Gasteiger partial charge in [0.25, 0.3) is 5.91 Å². The number of nitrogens with zero attached hydrogens (tertiary/aromatic N) is 2. The van der Waals surface area contributed by atoms with Crippen molar-refractivity contribution < 1.29 is 18.0 Å². The molecule has 0 N–H and O–H groups in total. The maximum Gasteiger partial charge on any atom is 0.260 e. The molecule has 1 amide bonds. The van der Waals surface area contributed by atoms with Gasteiger partial charge in [-0.25, -0.2) is 8.42 Å². The van der Waals surface area contributed by atoms with Crippen LogP contribution >= 0.6 is 11.8 Å². The number of aliphatic imine (C=N–C) groups is 1. The van der Waals surface area contributed by atoms with E-state index in [9.17, 15) is 18.0 Å². The third-order valence-electron chi connectivity index (χ3n) is 5.98. The summed E-state index contributed by atoms with van der Waals surface area (Å²) >= 11 is 1.50. The summed E-state index contributed by atoms with van der Waals surface area (Å²) in [5.74, 6) is -0.0331. The van der Waals surface area contributed by atoms with Crippen LogP contribution in [0.4, 0.5) is 0 Å². The molecule has 0 spiro atoms. The van der Waals surface area contributed by atoms with Gasteiger partial charge >= 0.3 is 0 Å². The molecule has 0 atom stereocenters. The van der Waals surface area contributed by atoms with Crippen LogP contribution in [0.1, 0.15) is 45.7 Å². The largest absolute Gasteiger partial charge is 0.289 e. The monoisotopic (exact) mass is 490 g/mol. The molecule has 172 valence electrons. The molecule has 6 nitrogen and oxygen atoms in total. The highest BCUT2D eigenvalue weighted by molar-refractivity contribution is 8.14. The zero-order valence-electron chi connectivity index (χ0n) is 18.7. The minimum atomic E-state index is -3.93. The first-order valence-electron chi connectivity index (χ1n) is 10.8. The van der Waals surface area contributed by atoms with Crippen LogP contribution in [-0.4, -0.2) is 41.5 Å². The van der Waals surface area contributed by atoms with Crippen LogP contribution in [0.2, 0.25) is 0 Å². The number of hydrogen-bond donors (Lipinski definition) is 0. The molecule has 3 aromatic carbocycles. The lowest BCUT2D eigenvalue weighted by Crippen LogP contribution is -2.46. The van der Waals surface area contributed by atoms with Crippen molar-refractivity contribution in [3.63, 3.8) is 0 Å². The molecule has 3 aromatic rings. The quantitative estimate of drug-likeness (QED) is 0.420. The number of amides is 1. The third kappa shape index (κ3) is 3.67. The zero-order valence-corrected chi connectivity index (χ0v) is 20.3. The Morgan fingerprint density at radius 3 is 2.41 bits per heavy atom. The van der Waals surface area contributed by atoms with Crippen LogP contribution in [0, 0.1) is 0 Å². The van der Waals surface area contributed by atoms with Gasteiger partial charge in [0.2, 0.25) is 9.84 Å². The molecule has 1 saturated heterocycles. The number of benzene rings is 3. The highest BCUT2D eigenvalue weighted by Gasteiger charge is 2.42. The number of carbonyl (C=O) groups excluding carboxylic acids is 2. The second kappa shape index (κ2) is 8.21. The molecule has 0 bridgehead atoms. The van der Waals surface area contributed by atoms with Gasteiger partial charge in [0.1, 0.15) is 0 Å². The van der Waals surface area contributed by atoms with Crippen LogP contribution in [0.15, 0.2) is 87.6 Å². The molecular formula is C26H22N2O4S2. The van der Waals surface area contributed by atoms with Crippen molar-refractivity contribution in [1.29, 1.82) is 0 Å². The average Bonchev–Trinajstić information content (AvgIpc) is 3.15. The molecule has 5 rings (SSSR count). The SMILES string of the molecule is CC1(C)CSC(=NCc2ccccc2)N1C(=O)c1ccc2c(c1)S(=O)(=O)c1ccccc1C2=O. The Morgan fingerprint density at radius 1 is 0.971 bits per heavy atom. The van der Waals surface area contributed by atoms with Gasteiger partial charge in [-0.1, -0.05) is 54.2 Å². The normalized spacial score (nSPS) is 19.1. The highest BCUT2D eigenvalue weighted by atomic mass is 32.2. The number of fused-ring (bicyclic) bond motifs is 2. The Kier molecular flexibility index (Phi) is 5.45. The maximum atomic E-state index is 13.7. The van der Waals surface area contributed by atoms with Gasteiger partial charge in [0.15, 0.2) is 11.0 Å². The molecule has 1 fully saturated rings. The molecule has 0 aromatic heterocycles. The minimum absolute atomic E-state index is 0.0285. The molecule has 34 heavy (non-hydrogen) atoms. The molecule has 0 saturated carbocycles. The Morgan fingerprint density at radius 2 is 1.65 bits per heavy atom. The topological polar surface area (TPSA) is 83.9 Å². The summed E-state index contributed by atoms with van der Waals surface area (Å²) in [5.41, 5.74) is 0.973. The van der Waals surface area contributed by atoms with Crippen LogP contribution in [0.5, 0.6) is 0 Å². The maximum absolute atomic E-state index is 13.7. The number of amidine groups is 1. The summed E-state index contributed by atoms with van der Waals surface area (Å²) < 4.78 is 26.6. The van der Waals surface area contributed by atoms with Crippen molar-refractivity contribution in [3.05, 3.63) is 95.1 Å². The number of rotatable bonds is 3. The Labute approximate surface area is 202 Å². The summed E-state index contributed by atoms with van der Waals surface area (Å²) in [5, 5.41) is 0.598. The summed E-state index contributed by atoms with van der Waals surface area (Å²) in [4.78, 5) is 32.7. The van der Waals surface area contributed by atoms with Crippen LogP contribution < -0.4 is 0 Å². The van der Waals surface area contributed by atoms with Crippen molar-refractivity contribution in [1.82, 2.24) is 4.90 Å². The van der Waals surface area contributed by atoms with Crippen LogP contribution in [-0.2, 0) is 16.4 Å². The Balaban J connectivity index is 1.53. The summed E-state index contributed by atoms with van der Waals surface area (Å²) in [7, 11) is -3.93. The van der Waals surface area contributed by atoms with Gasteiger partial charge in [0, 0.05) is 22.4 Å². The number of ketones is 1. The van der Waals surface area contributed by atoms with E-state index >= 15 is 0 Å². The van der Waals surface area contributed by atoms with Crippen molar-refractivity contribution in [2.75, 3.05) is 5.75 Å². The van der Waals surface area contributed by atoms with E-state index in [2.05, 4.69) is 4.99 Å². The lowest BCUT2D eigenvalue weighted by molar-refractivity contribution is 0.0765. The van der Waals surface area contributed by atoms with E-state index in [1.54, 1.807) is 17.0 Å². The number of sulfone groups is 1. The number of carbonyl (C=O) groups is 2. The van der Waals surface area contributed by atoms with Gasteiger partial charge in [0.05, 0.1) is 21.9 Å². The van der Waals surface area contributed by atoms with Crippen LogP contribution in [0.25, 0.3) is 0 Å². The standard InChI is InChI=1S/C26H22N2O4S2/c1-26(2)16-33-25(27-15-17-8-4-3-5-9-17)28(26)24(30)18-12-13-20-22(14-18)34(31,32)21-11-7-6-10-19(21)23(20)29/h3-14H,15-16H2,1-2H3. The van der Waals surface area contributed by atoms with E-state index in [4.69, 9.17) is 0 Å². The van der Waals surface area contributed by atoms with Crippen molar-refractivity contribution >= 4 is 38.5 Å². The third-order valence-corrected chi connectivity index (χ3v) is 9.25. The number of thioether (sulfide) groups is 1. The van der Waals surface area contributed by atoms with E-state index in [-0.39, 0.29) is 38.2 Å². The highest BCUT2D eigenvalue weighted by Crippen LogP contribution is 2.37. The summed E-state index contributed by atoms with van der Waals surface area (Å²) in [6, 6.07) is 20.2. The summed E-state index contributed by atoms with van der Waals surface area (Å²) in [6.45, 7) is 4.35. The molecule has 2 heterocycles. The minimum Gasteiger partial charge on any atom is -0.289 e. The van der Waals surface area contributed by atoms with Gasteiger partial charge in [-0.05, 0) is 49.7 Å². The number of hydrogen-bond acceptors (Lipinski definition) is 6. The van der Waals surface area contributed by atoms with Gasteiger partial charge < -0.3 is 0 Å². The van der Waals surface area contributed by atoms with Crippen LogP contribution in [0.3, 0.4) is 0 Å². The predicted octanol–water partition coefficient (Wildman–Crippen LogP) is 4.59. The smallest absolute Gasteiger partial charge is 0.260 e. The van der Waals surface area contributed by atoms with Crippen molar-refractivity contribution in [3.8, 4) is 0 Å². The molecular weight excluding hydrogens is 468 g/mol. The van der Waals surface area contributed by atoms with Crippen molar-refractivity contribution in [2.45, 2.75) is 35.7 Å². The molecule has 2 aliphatic heterocycles. The van der Waals surface area contributed by atoms with E-state index in [1.807, 2.05) is 44.2 Å². The second-order valence-electron chi connectivity index (χ2n) is 8.87. The predicted molar refractivity (Wildman–Crippen MR) is 132 cm³/mol. The van der Waals surface area contributed by atoms with Gasteiger partial charge in [-0.2, -0.15) is 0 Å². The summed E-state index contributed by atoms with van der Waals surface area (Å²) in [6.07, 6.45) is 0. The van der Waals surface area contributed by atoms with E-state index < -0.39 is 15.4 Å². The van der Waals surface area contributed by atoms with Crippen molar-refractivity contribution in [2.24, 2.45) is 4.99 Å². The van der Waals surface area contributed by atoms with E-state index in [0.29, 0.717) is 17.5 Å². The Hall–Kier alpha value is -3.23.